The average Bonchev–Trinajstić information content (AvgIpc) is 2.16. The van der Waals surface area contributed by atoms with Crippen molar-refractivity contribution in [2.24, 2.45) is 11.8 Å². The molecule has 0 rings (SSSR count). The van der Waals surface area contributed by atoms with E-state index in [1.807, 2.05) is 0 Å². The summed E-state index contributed by atoms with van der Waals surface area (Å²) < 4.78 is 36.7. The molecule has 2 unspecified atom stereocenters. The fourth-order valence-corrected chi connectivity index (χ4v) is 1.41. The Labute approximate surface area is 99.9 Å². The number of carbonyl (C=O) groups is 1. The van der Waals surface area contributed by atoms with E-state index in [0.29, 0.717) is 0 Å². The van der Waals surface area contributed by atoms with E-state index in [-0.39, 0.29) is 5.92 Å². The largest absolute Gasteiger partial charge is 0.544 e. The van der Waals surface area contributed by atoms with Gasteiger partial charge in [0.05, 0.1) is 0 Å². The van der Waals surface area contributed by atoms with Crippen molar-refractivity contribution < 1.29 is 28.2 Å². The molecule has 0 bridgehead atoms. The first-order chi connectivity index (χ1) is 7.64. The number of carboxylic acids is 1. The van der Waals surface area contributed by atoms with E-state index in [1.165, 1.54) is 21.0 Å². The Morgan fingerprint density at radius 1 is 1.18 bits per heavy atom. The van der Waals surface area contributed by atoms with Gasteiger partial charge in [0.1, 0.15) is 12.1 Å². The number of hydrogen-bond donors (Lipinski definition) is 0. The normalized spacial score (nSPS) is 16.3. The van der Waals surface area contributed by atoms with Crippen LogP contribution in [-0.2, 0) is 14.3 Å². The maximum Gasteiger partial charge on any atom is 0.313 e. The summed E-state index contributed by atoms with van der Waals surface area (Å²) in [7, 11) is 1.32. The van der Waals surface area contributed by atoms with Crippen molar-refractivity contribution in [3.05, 3.63) is 0 Å². The van der Waals surface area contributed by atoms with Crippen LogP contribution < -0.4 is 5.11 Å². The molecule has 0 aromatic carbocycles. The zero-order valence-electron chi connectivity index (χ0n) is 10.7. The van der Waals surface area contributed by atoms with Gasteiger partial charge in [0.15, 0.2) is 6.29 Å². The first kappa shape index (κ1) is 16.2. The molecule has 0 aliphatic carbocycles. The number of alkyl halides is 2. The van der Waals surface area contributed by atoms with Crippen LogP contribution >= 0.6 is 0 Å². The number of hydrogen-bond acceptors (Lipinski definition) is 4. The Balaban J connectivity index is 4.94. The third-order valence-corrected chi connectivity index (χ3v) is 2.29. The van der Waals surface area contributed by atoms with Gasteiger partial charge in [0.2, 0.25) is 0 Å². The van der Waals surface area contributed by atoms with E-state index < -0.39 is 30.2 Å². The molecule has 0 saturated heterocycles. The highest BCUT2D eigenvalue weighted by Crippen LogP contribution is 2.29. The lowest BCUT2D eigenvalue weighted by Gasteiger charge is -2.34. The minimum absolute atomic E-state index is 0.168. The Bertz CT molecular complexity index is 254. The number of halogens is 2. The Morgan fingerprint density at radius 2 is 1.65 bits per heavy atom. The first-order valence-electron chi connectivity index (χ1n) is 5.42. The second-order valence-electron chi connectivity index (χ2n) is 4.56. The van der Waals surface area contributed by atoms with E-state index in [0.717, 1.165) is 0 Å². The van der Waals surface area contributed by atoms with Crippen LogP contribution in [0.1, 0.15) is 27.7 Å². The van der Waals surface area contributed by atoms with Crippen LogP contribution in [0.15, 0.2) is 0 Å². The molecular weight excluding hydrogens is 234 g/mol. The van der Waals surface area contributed by atoms with Crippen molar-refractivity contribution in [3.8, 4) is 0 Å². The quantitative estimate of drug-likeness (QED) is 0.636. The molecule has 102 valence electrons. The van der Waals surface area contributed by atoms with Crippen molar-refractivity contribution in [1.82, 2.24) is 0 Å². The minimum Gasteiger partial charge on any atom is -0.544 e. The van der Waals surface area contributed by atoms with Gasteiger partial charge in [0.25, 0.3) is 0 Å². The van der Waals surface area contributed by atoms with Crippen LogP contribution in [0.5, 0.6) is 0 Å². The predicted molar refractivity (Wildman–Crippen MR) is 55.3 cm³/mol. The van der Waals surface area contributed by atoms with Crippen molar-refractivity contribution in [2.45, 2.75) is 46.0 Å². The van der Waals surface area contributed by atoms with Crippen molar-refractivity contribution in [1.29, 1.82) is 0 Å². The molecule has 17 heavy (non-hydrogen) atoms. The predicted octanol–water partition coefficient (Wildman–Crippen LogP) is 1.04. The Kier molecular flexibility index (Phi) is 5.98. The van der Waals surface area contributed by atoms with Crippen LogP contribution in [0, 0.1) is 11.8 Å². The SMILES string of the molecule is COC(OC(C(C)C)C(F)(F)C(=O)[O-])C(C)C. The molecule has 0 amide bonds. The highest BCUT2D eigenvalue weighted by Gasteiger charge is 2.45. The Morgan fingerprint density at radius 3 is 1.88 bits per heavy atom. The average molecular weight is 253 g/mol. The van der Waals surface area contributed by atoms with Gasteiger partial charge in [-0.05, 0) is 5.92 Å². The summed E-state index contributed by atoms with van der Waals surface area (Å²) in [6.45, 7) is 6.36. The molecule has 0 aliphatic rings. The lowest BCUT2D eigenvalue weighted by atomic mass is 10.0. The Hall–Kier alpha value is -0.750. The van der Waals surface area contributed by atoms with Crippen LogP contribution in [0.25, 0.3) is 0 Å². The summed E-state index contributed by atoms with van der Waals surface area (Å²) in [6, 6.07) is 0. The summed E-state index contributed by atoms with van der Waals surface area (Å²) >= 11 is 0. The molecule has 0 spiro atoms. The van der Waals surface area contributed by atoms with E-state index >= 15 is 0 Å². The number of ether oxygens (including phenoxy) is 2. The molecule has 0 saturated carbocycles. The summed E-state index contributed by atoms with van der Waals surface area (Å²) in [5, 5.41) is 10.4. The number of aliphatic carboxylic acids is 1. The van der Waals surface area contributed by atoms with Gasteiger partial charge in [-0.1, -0.05) is 27.7 Å². The van der Waals surface area contributed by atoms with Gasteiger partial charge in [-0.3, -0.25) is 0 Å². The van der Waals surface area contributed by atoms with E-state index in [1.54, 1.807) is 13.8 Å². The summed E-state index contributed by atoms with van der Waals surface area (Å²) in [6.07, 6.45) is -2.66. The van der Waals surface area contributed by atoms with E-state index in [9.17, 15) is 18.7 Å². The van der Waals surface area contributed by atoms with E-state index in [4.69, 9.17) is 9.47 Å². The molecule has 0 aromatic rings. The molecule has 0 aliphatic heterocycles. The minimum atomic E-state index is -4.04. The molecule has 6 heteroatoms. The number of rotatable bonds is 7. The zero-order valence-corrected chi connectivity index (χ0v) is 10.7. The second-order valence-corrected chi connectivity index (χ2v) is 4.56. The van der Waals surface area contributed by atoms with Crippen molar-refractivity contribution in [3.63, 3.8) is 0 Å². The maximum absolute atomic E-state index is 13.4. The first-order valence-corrected chi connectivity index (χ1v) is 5.42. The number of carbonyl (C=O) groups excluding carboxylic acids is 1. The monoisotopic (exact) mass is 253 g/mol. The lowest BCUT2D eigenvalue weighted by molar-refractivity contribution is -0.345. The number of methoxy groups -OCH3 is 1. The maximum atomic E-state index is 13.4. The van der Waals surface area contributed by atoms with Gasteiger partial charge in [-0.25, -0.2) is 0 Å². The lowest BCUT2D eigenvalue weighted by Crippen LogP contribution is -2.54. The van der Waals surface area contributed by atoms with Crippen LogP contribution in [0.3, 0.4) is 0 Å². The summed E-state index contributed by atoms with van der Waals surface area (Å²) in [5.41, 5.74) is 0. The van der Waals surface area contributed by atoms with Gasteiger partial charge in [0, 0.05) is 13.0 Å². The zero-order chi connectivity index (χ0) is 13.8. The second kappa shape index (κ2) is 6.26. The highest BCUT2D eigenvalue weighted by molar-refractivity contribution is 5.74. The number of carboxylic acid groups (broad SMARTS) is 1. The molecule has 2 atom stereocenters. The molecule has 0 fully saturated rings. The summed E-state index contributed by atoms with van der Waals surface area (Å²) in [4.78, 5) is 10.4. The van der Waals surface area contributed by atoms with Crippen molar-refractivity contribution >= 4 is 5.97 Å². The molecule has 0 heterocycles. The fourth-order valence-electron chi connectivity index (χ4n) is 1.41. The van der Waals surface area contributed by atoms with Crippen molar-refractivity contribution in [2.75, 3.05) is 7.11 Å². The molecule has 0 aromatic heterocycles. The van der Waals surface area contributed by atoms with Crippen LogP contribution in [0.2, 0.25) is 0 Å². The van der Waals surface area contributed by atoms with Crippen LogP contribution in [0.4, 0.5) is 8.78 Å². The third kappa shape index (κ3) is 4.20. The van der Waals surface area contributed by atoms with Gasteiger partial charge in [-0.15, -0.1) is 0 Å². The molecular formula is C11H19F2O4-. The van der Waals surface area contributed by atoms with Crippen LogP contribution in [-0.4, -0.2) is 31.4 Å². The fraction of sp³-hybridized carbons (Fsp3) is 0.909. The van der Waals surface area contributed by atoms with Gasteiger partial charge in [-0.2, -0.15) is 8.78 Å². The van der Waals surface area contributed by atoms with Gasteiger partial charge < -0.3 is 19.4 Å². The molecule has 0 N–H and O–H groups in total. The molecule has 0 radical (unpaired) electrons. The van der Waals surface area contributed by atoms with Gasteiger partial charge >= 0.3 is 5.92 Å². The standard InChI is InChI=1S/C11H20F2O4/c1-6(2)8(11(12,13)10(14)15)17-9(16-5)7(3)4/h6-9H,1-5H3,(H,14,15)/p-1. The molecule has 4 nitrogen and oxygen atoms in total. The third-order valence-electron chi connectivity index (χ3n) is 2.29. The topological polar surface area (TPSA) is 58.6 Å². The highest BCUT2D eigenvalue weighted by atomic mass is 19.3. The smallest absolute Gasteiger partial charge is 0.313 e. The summed E-state index contributed by atoms with van der Waals surface area (Å²) in [5.74, 6) is -7.33. The van der Waals surface area contributed by atoms with E-state index in [2.05, 4.69) is 0 Å².